The summed E-state index contributed by atoms with van der Waals surface area (Å²) in [5.74, 6) is -0.534. The van der Waals surface area contributed by atoms with Gasteiger partial charge in [-0.3, -0.25) is 4.79 Å². The summed E-state index contributed by atoms with van der Waals surface area (Å²) < 4.78 is 5.64. The van der Waals surface area contributed by atoms with E-state index in [-0.39, 0.29) is 18.0 Å². The lowest BCUT2D eigenvalue weighted by molar-refractivity contribution is 0.0252. The number of aryl methyl sites for hydroxylation is 1. The summed E-state index contributed by atoms with van der Waals surface area (Å²) in [4.78, 5) is 30.5. The number of carbonyl (C=O) groups excluding carboxylic acids is 2. The molecule has 0 bridgehead atoms. The molecule has 1 amide bonds. The van der Waals surface area contributed by atoms with E-state index in [1.807, 2.05) is 49.4 Å². The van der Waals surface area contributed by atoms with Gasteiger partial charge in [0, 0.05) is 49.5 Å². The third-order valence-corrected chi connectivity index (χ3v) is 7.06. The number of likely N-dealkylation sites (N-methyl/N-ethyl adjacent to an activating group) is 1. The zero-order valence-corrected chi connectivity index (χ0v) is 20.3. The molecular formula is C29H31N3O3. The third kappa shape index (κ3) is 4.93. The smallest absolute Gasteiger partial charge is 0.339 e. The van der Waals surface area contributed by atoms with E-state index in [9.17, 15) is 9.59 Å². The average Bonchev–Trinajstić information content (AvgIpc) is 2.90. The Labute approximate surface area is 206 Å². The highest BCUT2D eigenvalue weighted by Gasteiger charge is 2.28. The number of carbonyl (C=O) groups is 2. The van der Waals surface area contributed by atoms with Crippen LogP contribution in [0.2, 0.25) is 0 Å². The Balaban J connectivity index is 1.30. The minimum absolute atomic E-state index is 0.185. The highest BCUT2D eigenvalue weighted by molar-refractivity contribution is 6.05. The first kappa shape index (κ1) is 23.1. The van der Waals surface area contributed by atoms with Crippen LogP contribution >= 0.6 is 0 Å². The number of fused-ring (bicyclic) bond motifs is 1. The summed E-state index contributed by atoms with van der Waals surface area (Å²) in [5, 5.41) is 3.05. The number of piperazine rings is 1. The van der Waals surface area contributed by atoms with Crippen molar-refractivity contribution in [3.63, 3.8) is 0 Å². The Hall–Kier alpha value is -3.64. The number of esters is 1. The Bertz CT molecular complexity index is 1230. The Kier molecular flexibility index (Phi) is 6.55. The van der Waals surface area contributed by atoms with Crippen molar-refractivity contribution in [2.75, 3.05) is 42.9 Å². The molecule has 6 heteroatoms. The summed E-state index contributed by atoms with van der Waals surface area (Å²) >= 11 is 0. The van der Waals surface area contributed by atoms with Crippen molar-refractivity contribution in [1.82, 2.24) is 4.90 Å². The number of amides is 1. The van der Waals surface area contributed by atoms with Gasteiger partial charge in [-0.1, -0.05) is 37.3 Å². The van der Waals surface area contributed by atoms with E-state index in [1.165, 1.54) is 5.69 Å². The standard InChI is InChI=1S/C29H31N3O3/c1-3-31-13-15-32(16-14-31)24-10-12-26(20(2)17-24)30-28(33)22-9-11-25-23(18-22)19-27(35-29(25)34)21-7-5-4-6-8-21/h4-12,17-18,27H,3,13-16,19H2,1-2H3,(H,30,33)/t27-/m1/s1. The molecule has 1 saturated heterocycles. The van der Waals surface area contributed by atoms with Gasteiger partial charge in [-0.25, -0.2) is 4.79 Å². The molecule has 1 atom stereocenters. The molecular weight excluding hydrogens is 438 g/mol. The zero-order chi connectivity index (χ0) is 24.4. The lowest BCUT2D eigenvalue weighted by Crippen LogP contribution is -2.46. The van der Waals surface area contributed by atoms with Crippen LogP contribution in [-0.2, 0) is 11.2 Å². The highest BCUT2D eigenvalue weighted by Crippen LogP contribution is 2.31. The zero-order valence-electron chi connectivity index (χ0n) is 20.3. The number of anilines is 2. The molecule has 0 spiro atoms. The van der Waals surface area contributed by atoms with Crippen molar-refractivity contribution >= 4 is 23.3 Å². The summed E-state index contributed by atoms with van der Waals surface area (Å²) in [7, 11) is 0. The minimum atomic E-state index is -0.349. The number of cyclic esters (lactones) is 1. The first-order valence-electron chi connectivity index (χ1n) is 12.3. The summed E-state index contributed by atoms with van der Waals surface area (Å²) in [6.45, 7) is 9.49. The molecule has 180 valence electrons. The Morgan fingerprint density at radius 2 is 1.77 bits per heavy atom. The number of ether oxygens (including phenoxy) is 1. The number of hydrogen-bond acceptors (Lipinski definition) is 5. The Morgan fingerprint density at radius 1 is 1.00 bits per heavy atom. The van der Waals surface area contributed by atoms with Crippen LogP contribution in [0.5, 0.6) is 0 Å². The molecule has 1 fully saturated rings. The molecule has 0 radical (unpaired) electrons. The molecule has 0 aliphatic carbocycles. The first-order valence-corrected chi connectivity index (χ1v) is 12.3. The molecule has 0 saturated carbocycles. The molecule has 6 nitrogen and oxygen atoms in total. The maximum Gasteiger partial charge on any atom is 0.339 e. The monoisotopic (exact) mass is 469 g/mol. The van der Waals surface area contributed by atoms with Gasteiger partial charge >= 0.3 is 5.97 Å². The van der Waals surface area contributed by atoms with Gasteiger partial charge in [0.25, 0.3) is 5.91 Å². The maximum atomic E-state index is 13.1. The van der Waals surface area contributed by atoms with E-state index < -0.39 is 0 Å². The van der Waals surface area contributed by atoms with Gasteiger partial charge < -0.3 is 19.9 Å². The topological polar surface area (TPSA) is 61.9 Å². The SMILES string of the molecule is CCN1CCN(c2ccc(NC(=O)c3ccc4c(c3)C[C@H](c3ccccc3)OC4=O)c(C)c2)CC1. The predicted octanol–water partition coefficient (Wildman–Crippen LogP) is 4.84. The molecule has 2 heterocycles. The molecule has 0 unspecified atom stereocenters. The van der Waals surface area contributed by atoms with Crippen LogP contribution in [0.25, 0.3) is 0 Å². The largest absolute Gasteiger partial charge is 0.454 e. The van der Waals surface area contributed by atoms with E-state index in [0.717, 1.165) is 55.1 Å². The normalized spacial score (nSPS) is 18.1. The van der Waals surface area contributed by atoms with E-state index in [4.69, 9.17) is 4.74 Å². The highest BCUT2D eigenvalue weighted by atomic mass is 16.5. The van der Waals surface area contributed by atoms with Crippen LogP contribution in [0.15, 0.2) is 66.7 Å². The number of benzene rings is 3. The second-order valence-electron chi connectivity index (χ2n) is 9.26. The lowest BCUT2D eigenvalue weighted by Gasteiger charge is -2.35. The van der Waals surface area contributed by atoms with Crippen LogP contribution in [0.1, 0.15) is 50.4 Å². The van der Waals surface area contributed by atoms with E-state index >= 15 is 0 Å². The fourth-order valence-electron chi connectivity index (χ4n) is 4.89. The molecule has 1 N–H and O–H groups in total. The third-order valence-electron chi connectivity index (χ3n) is 7.06. The van der Waals surface area contributed by atoms with Gasteiger partial charge in [-0.2, -0.15) is 0 Å². The molecule has 0 aromatic heterocycles. The molecule has 3 aromatic rings. The van der Waals surface area contributed by atoms with Gasteiger partial charge in [0.05, 0.1) is 5.56 Å². The van der Waals surface area contributed by atoms with Crippen molar-refractivity contribution in [1.29, 1.82) is 0 Å². The van der Waals surface area contributed by atoms with Crippen LogP contribution in [0, 0.1) is 6.92 Å². The van der Waals surface area contributed by atoms with Crippen LogP contribution in [0.3, 0.4) is 0 Å². The van der Waals surface area contributed by atoms with Gasteiger partial charge in [0.15, 0.2) is 0 Å². The predicted molar refractivity (Wildman–Crippen MR) is 138 cm³/mol. The van der Waals surface area contributed by atoms with Crippen molar-refractivity contribution in [3.05, 3.63) is 94.5 Å². The van der Waals surface area contributed by atoms with Crippen LogP contribution in [-0.4, -0.2) is 49.5 Å². The second kappa shape index (κ2) is 9.92. The summed E-state index contributed by atoms with van der Waals surface area (Å²) in [6, 6.07) is 21.1. The Morgan fingerprint density at radius 3 is 2.49 bits per heavy atom. The molecule has 2 aliphatic rings. The van der Waals surface area contributed by atoms with E-state index in [2.05, 4.69) is 34.2 Å². The van der Waals surface area contributed by atoms with Gasteiger partial charge in [0.2, 0.25) is 0 Å². The lowest BCUT2D eigenvalue weighted by atomic mass is 9.93. The van der Waals surface area contributed by atoms with Gasteiger partial charge in [-0.15, -0.1) is 0 Å². The number of nitrogens with one attached hydrogen (secondary N) is 1. The first-order chi connectivity index (χ1) is 17.0. The average molecular weight is 470 g/mol. The fourth-order valence-corrected chi connectivity index (χ4v) is 4.89. The quantitative estimate of drug-likeness (QED) is 0.542. The summed E-state index contributed by atoms with van der Waals surface area (Å²) in [5.41, 5.74) is 5.86. The van der Waals surface area contributed by atoms with Crippen molar-refractivity contribution < 1.29 is 14.3 Å². The van der Waals surface area contributed by atoms with Crippen molar-refractivity contribution in [2.45, 2.75) is 26.4 Å². The maximum absolute atomic E-state index is 13.1. The second-order valence-corrected chi connectivity index (χ2v) is 9.26. The minimum Gasteiger partial charge on any atom is -0.454 e. The van der Waals surface area contributed by atoms with E-state index in [0.29, 0.717) is 17.5 Å². The van der Waals surface area contributed by atoms with Crippen molar-refractivity contribution in [3.8, 4) is 0 Å². The van der Waals surface area contributed by atoms with E-state index in [1.54, 1.807) is 12.1 Å². The molecule has 35 heavy (non-hydrogen) atoms. The van der Waals surface area contributed by atoms with Crippen molar-refractivity contribution in [2.24, 2.45) is 0 Å². The molecule has 5 rings (SSSR count). The summed E-state index contributed by atoms with van der Waals surface area (Å²) in [6.07, 6.45) is 0.203. The van der Waals surface area contributed by atoms with Gasteiger partial charge in [0.1, 0.15) is 6.10 Å². The van der Waals surface area contributed by atoms with Crippen LogP contribution < -0.4 is 10.2 Å². The van der Waals surface area contributed by atoms with Gasteiger partial charge in [-0.05, 0) is 66.6 Å². The number of hydrogen-bond donors (Lipinski definition) is 1. The fraction of sp³-hybridized carbons (Fsp3) is 0.310. The number of rotatable bonds is 5. The van der Waals surface area contributed by atoms with Crippen LogP contribution in [0.4, 0.5) is 11.4 Å². The molecule has 2 aliphatic heterocycles. The number of nitrogens with zero attached hydrogens (tertiary/aromatic N) is 2. The molecule has 3 aromatic carbocycles.